The van der Waals surface area contributed by atoms with E-state index in [1.54, 1.807) is 0 Å². The van der Waals surface area contributed by atoms with Gasteiger partial charge in [-0.3, -0.25) is 4.79 Å². The largest absolute Gasteiger partial charge is 0.325 e. The van der Waals surface area contributed by atoms with Crippen LogP contribution in [0.5, 0.6) is 0 Å². The first-order chi connectivity index (χ1) is 13.7. The monoisotopic (exact) mass is 391 g/mol. The Hall–Kier alpha value is -3.11. The molecule has 7 heteroatoms. The maximum atomic E-state index is 12.3. The zero-order valence-electron chi connectivity index (χ0n) is 15.6. The van der Waals surface area contributed by atoms with Crippen molar-refractivity contribution in [3.63, 3.8) is 0 Å². The number of nitrogens with one attached hydrogen (secondary N) is 1. The van der Waals surface area contributed by atoms with Gasteiger partial charge in [-0.05, 0) is 30.2 Å². The Kier molecular flexibility index (Phi) is 6.82. The van der Waals surface area contributed by atoms with Crippen molar-refractivity contribution in [2.45, 2.75) is 31.5 Å². The average molecular weight is 392 g/mol. The third kappa shape index (κ3) is 5.21. The molecule has 1 heterocycles. The lowest BCUT2D eigenvalue weighted by Crippen LogP contribution is -2.14. The van der Waals surface area contributed by atoms with Crippen LogP contribution in [0.15, 0.2) is 59.8 Å². The lowest BCUT2D eigenvalue weighted by Gasteiger charge is -2.08. The summed E-state index contributed by atoms with van der Waals surface area (Å²) in [7, 11) is 0. The van der Waals surface area contributed by atoms with Crippen LogP contribution in [0.2, 0.25) is 0 Å². The molecule has 0 saturated carbocycles. The van der Waals surface area contributed by atoms with Gasteiger partial charge in [0.05, 0.1) is 18.2 Å². The normalized spacial score (nSPS) is 10.4. The molecule has 3 rings (SSSR count). The molecule has 0 aliphatic carbocycles. The fourth-order valence-electron chi connectivity index (χ4n) is 2.78. The minimum atomic E-state index is -0.103. The van der Waals surface area contributed by atoms with Gasteiger partial charge in [0.25, 0.3) is 0 Å². The van der Waals surface area contributed by atoms with E-state index < -0.39 is 0 Å². The minimum absolute atomic E-state index is 0.103. The number of benzene rings is 2. The highest BCUT2D eigenvalue weighted by Gasteiger charge is 2.13. The zero-order valence-corrected chi connectivity index (χ0v) is 16.4. The van der Waals surface area contributed by atoms with Gasteiger partial charge in [0, 0.05) is 18.7 Å². The van der Waals surface area contributed by atoms with Crippen molar-refractivity contribution >= 4 is 23.4 Å². The van der Waals surface area contributed by atoms with Crippen LogP contribution < -0.4 is 5.32 Å². The Bertz CT molecular complexity index is 961. The summed E-state index contributed by atoms with van der Waals surface area (Å²) in [4.78, 5) is 12.3. The highest BCUT2D eigenvalue weighted by Crippen LogP contribution is 2.19. The number of rotatable bonds is 8. The predicted molar refractivity (Wildman–Crippen MR) is 110 cm³/mol. The standard InChI is InChI=1S/C21H21N5OS/c1-2-26-19(14-17-6-4-3-5-7-17)24-25-21(26)28-15-20(27)23-18-10-8-16(9-11-18)12-13-22/h3-11H,2,12,14-15H2,1H3,(H,23,27). The van der Waals surface area contributed by atoms with E-state index in [0.717, 1.165) is 23.1 Å². The van der Waals surface area contributed by atoms with Gasteiger partial charge in [-0.2, -0.15) is 5.26 Å². The molecule has 2 aromatic carbocycles. The van der Waals surface area contributed by atoms with Crippen LogP contribution in [-0.2, 0) is 24.2 Å². The van der Waals surface area contributed by atoms with Crippen molar-refractivity contribution < 1.29 is 4.79 Å². The molecular weight excluding hydrogens is 370 g/mol. The molecule has 0 aliphatic heterocycles. The average Bonchev–Trinajstić information content (AvgIpc) is 3.10. The molecule has 1 amide bonds. The van der Waals surface area contributed by atoms with Crippen LogP contribution in [0.3, 0.4) is 0 Å². The number of carbonyl (C=O) groups is 1. The molecule has 0 spiro atoms. The third-order valence-electron chi connectivity index (χ3n) is 4.17. The summed E-state index contributed by atoms with van der Waals surface area (Å²) in [6, 6.07) is 19.5. The van der Waals surface area contributed by atoms with E-state index in [1.807, 2.05) is 54.0 Å². The van der Waals surface area contributed by atoms with Gasteiger partial charge >= 0.3 is 0 Å². The van der Waals surface area contributed by atoms with E-state index in [0.29, 0.717) is 18.5 Å². The second-order valence-electron chi connectivity index (χ2n) is 6.17. The summed E-state index contributed by atoms with van der Waals surface area (Å²) in [5, 5.41) is 20.9. The zero-order chi connectivity index (χ0) is 19.8. The molecule has 1 N–H and O–H groups in total. The van der Waals surface area contributed by atoms with Gasteiger partial charge < -0.3 is 9.88 Å². The summed E-state index contributed by atoms with van der Waals surface area (Å²) in [6.45, 7) is 2.80. The van der Waals surface area contributed by atoms with E-state index in [9.17, 15) is 4.79 Å². The highest BCUT2D eigenvalue weighted by atomic mass is 32.2. The van der Waals surface area contributed by atoms with Gasteiger partial charge in [0.15, 0.2) is 5.16 Å². The molecule has 0 aliphatic rings. The van der Waals surface area contributed by atoms with Crippen LogP contribution >= 0.6 is 11.8 Å². The molecule has 142 valence electrons. The number of hydrogen-bond acceptors (Lipinski definition) is 5. The maximum absolute atomic E-state index is 12.3. The van der Waals surface area contributed by atoms with Crippen LogP contribution in [0.25, 0.3) is 0 Å². The Morgan fingerprint density at radius 3 is 2.54 bits per heavy atom. The minimum Gasteiger partial charge on any atom is -0.325 e. The Morgan fingerprint density at radius 1 is 1.11 bits per heavy atom. The Balaban J connectivity index is 1.58. The maximum Gasteiger partial charge on any atom is 0.234 e. The molecule has 0 radical (unpaired) electrons. The fourth-order valence-corrected chi connectivity index (χ4v) is 3.60. The first kappa shape index (κ1) is 19.6. The van der Waals surface area contributed by atoms with Crippen LogP contribution in [0.4, 0.5) is 5.69 Å². The van der Waals surface area contributed by atoms with E-state index in [4.69, 9.17) is 5.26 Å². The molecule has 1 aromatic heterocycles. The van der Waals surface area contributed by atoms with E-state index in [1.165, 1.54) is 17.3 Å². The number of anilines is 1. The van der Waals surface area contributed by atoms with Gasteiger partial charge in [-0.15, -0.1) is 10.2 Å². The van der Waals surface area contributed by atoms with Crippen LogP contribution in [0, 0.1) is 11.3 Å². The summed E-state index contributed by atoms with van der Waals surface area (Å²) in [5.74, 6) is 1.04. The second kappa shape index (κ2) is 9.72. The molecule has 28 heavy (non-hydrogen) atoms. The Labute approximate surface area is 168 Å². The van der Waals surface area contributed by atoms with Crippen molar-refractivity contribution in [2.75, 3.05) is 11.1 Å². The van der Waals surface area contributed by atoms with E-state index in [-0.39, 0.29) is 11.7 Å². The van der Waals surface area contributed by atoms with Crippen molar-refractivity contribution in [1.82, 2.24) is 14.8 Å². The third-order valence-corrected chi connectivity index (χ3v) is 5.13. The molecule has 0 atom stereocenters. The number of hydrogen-bond donors (Lipinski definition) is 1. The van der Waals surface area contributed by atoms with Crippen molar-refractivity contribution in [3.8, 4) is 6.07 Å². The van der Waals surface area contributed by atoms with Gasteiger partial charge in [-0.25, -0.2) is 0 Å². The number of thioether (sulfide) groups is 1. The van der Waals surface area contributed by atoms with Crippen LogP contribution in [-0.4, -0.2) is 26.4 Å². The van der Waals surface area contributed by atoms with E-state index >= 15 is 0 Å². The first-order valence-electron chi connectivity index (χ1n) is 9.04. The number of amides is 1. The molecule has 0 unspecified atom stereocenters. The quantitative estimate of drug-likeness (QED) is 0.592. The summed E-state index contributed by atoms with van der Waals surface area (Å²) < 4.78 is 2.04. The summed E-state index contributed by atoms with van der Waals surface area (Å²) >= 11 is 1.38. The number of nitriles is 1. The SMILES string of the molecule is CCn1c(Cc2ccccc2)nnc1SCC(=O)Nc1ccc(CC#N)cc1. The molecule has 0 saturated heterocycles. The highest BCUT2D eigenvalue weighted by molar-refractivity contribution is 7.99. The number of carbonyl (C=O) groups excluding carboxylic acids is 1. The second-order valence-corrected chi connectivity index (χ2v) is 7.12. The first-order valence-corrected chi connectivity index (χ1v) is 10.0. The van der Waals surface area contributed by atoms with Gasteiger partial charge in [0.1, 0.15) is 5.82 Å². The predicted octanol–water partition coefficient (Wildman–Crippen LogP) is 3.69. The lowest BCUT2D eigenvalue weighted by molar-refractivity contribution is -0.113. The van der Waals surface area contributed by atoms with Crippen molar-refractivity contribution in [2.24, 2.45) is 0 Å². The van der Waals surface area contributed by atoms with Crippen LogP contribution in [0.1, 0.15) is 23.9 Å². The summed E-state index contributed by atoms with van der Waals surface area (Å²) in [6.07, 6.45) is 1.07. The molecule has 6 nitrogen and oxygen atoms in total. The van der Waals surface area contributed by atoms with E-state index in [2.05, 4.69) is 33.7 Å². The molecular formula is C21H21N5OS. The summed E-state index contributed by atoms with van der Waals surface area (Å²) in [5.41, 5.74) is 2.82. The van der Waals surface area contributed by atoms with Gasteiger partial charge in [-0.1, -0.05) is 54.2 Å². The van der Waals surface area contributed by atoms with Crippen molar-refractivity contribution in [3.05, 3.63) is 71.5 Å². The number of nitrogens with zero attached hydrogens (tertiary/aromatic N) is 4. The van der Waals surface area contributed by atoms with Crippen molar-refractivity contribution in [1.29, 1.82) is 5.26 Å². The lowest BCUT2D eigenvalue weighted by atomic mass is 10.1. The number of aromatic nitrogens is 3. The van der Waals surface area contributed by atoms with Gasteiger partial charge in [0.2, 0.25) is 5.91 Å². The Morgan fingerprint density at radius 2 is 1.86 bits per heavy atom. The molecule has 0 bridgehead atoms. The smallest absolute Gasteiger partial charge is 0.234 e. The topological polar surface area (TPSA) is 83.6 Å². The fraction of sp³-hybridized carbons (Fsp3) is 0.238. The molecule has 0 fully saturated rings. The molecule has 3 aromatic rings.